The highest BCUT2D eigenvalue weighted by Gasteiger charge is 2.09. The Balaban J connectivity index is 2.25. The molecule has 0 unspecified atom stereocenters. The van der Waals surface area contributed by atoms with Crippen LogP contribution >= 0.6 is 11.8 Å². The van der Waals surface area contributed by atoms with Crippen LogP contribution in [0.1, 0.15) is 32.0 Å². The summed E-state index contributed by atoms with van der Waals surface area (Å²) in [5.74, 6) is 3.73. The first-order valence-corrected chi connectivity index (χ1v) is 7.04. The second-order valence-corrected chi connectivity index (χ2v) is 4.95. The summed E-state index contributed by atoms with van der Waals surface area (Å²) < 4.78 is 2.15. The molecule has 1 aromatic heterocycles. The molecule has 0 radical (unpaired) electrons. The molecule has 0 aromatic carbocycles. The van der Waals surface area contributed by atoms with Gasteiger partial charge in [0, 0.05) is 6.42 Å². The second kappa shape index (κ2) is 8.23. The molecule has 4 heteroatoms. The lowest BCUT2D eigenvalue weighted by Gasteiger charge is -1.99. The summed E-state index contributed by atoms with van der Waals surface area (Å²) in [5.41, 5.74) is 0. The first-order valence-electron chi connectivity index (χ1n) is 5.89. The Morgan fingerprint density at radius 3 is 3.12 bits per heavy atom. The summed E-state index contributed by atoms with van der Waals surface area (Å²) in [6.07, 6.45) is 8.10. The zero-order valence-electron chi connectivity index (χ0n) is 9.91. The van der Waals surface area contributed by atoms with Gasteiger partial charge in [0.05, 0.1) is 12.5 Å². The lowest BCUT2D eigenvalue weighted by atomic mass is 10.3. The standard InChI is InChI=1S/C12H19N3S/c1-2-10-16-11-3-5-12-14-7-9-15(12)8-4-6-13/h7,9H,2-5,8,10-11H2,1H3/p+1. The van der Waals surface area contributed by atoms with Crippen molar-refractivity contribution >= 4 is 11.8 Å². The first kappa shape index (κ1) is 13.1. The number of thioether (sulfide) groups is 1. The molecule has 0 aliphatic carbocycles. The van der Waals surface area contributed by atoms with Gasteiger partial charge in [-0.3, -0.25) is 0 Å². The molecule has 0 amide bonds. The molecular weight excluding hydrogens is 218 g/mol. The molecule has 0 saturated heterocycles. The van der Waals surface area contributed by atoms with Crippen LogP contribution < -0.4 is 4.57 Å². The smallest absolute Gasteiger partial charge is 0.248 e. The highest BCUT2D eigenvalue weighted by molar-refractivity contribution is 7.99. The van der Waals surface area contributed by atoms with Crippen molar-refractivity contribution in [3.8, 4) is 6.07 Å². The molecule has 1 aromatic rings. The Labute approximate surface area is 102 Å². The van der Waals surface area contributed by atoms with E-state index in [0.717, 1.165) is 13.0 Å². The number of H-pyrrole nitrogens is 1. The molecule has 0 aliphatic heterocycles. The van der Waals surface area contributed by atoms with Crippen LogP contribution in [0.3, 0.4) is 0 Å². The molecule has 1 heterocycles. The van der Waals surface area contributed by atoms with Gasteiger partial charge < -0.3 is 0 Å². The average molecular weight is 238 g/mol. The van der Waals surface area contributed by atoms with Gasteiger partial charge in [0.2, 0.25) is 0 Å². The van der Waals surface area contributed by atoms with Crippen LogP contribution in [0.5, 0.6) is 0 Å². The van der Waals surface area contributed by atoms with E-state index >= 15 is 0 Å². The fourth-order valence-corrected chi connectivity index (χ4v) is 2.42. The van der Waals surface area contributed by atoms with E-state index in [9.17, 15) is 0 Å². The number of nitrogens with zero attached hydrogens (tertiary/aromatic N) is 2. The zero-order valence-corrected chi connectivity index (χ0v) is 10.7. The van der Waals surface area contributed by atoms with Gasteiger partial charge in [-0.25, -0.2) is 9.55 Å². The summed E-state index contributed by atoms with van der Waals surface area (Å²) in [6, 6.07) is 2.18. The van der Waals surface area contributed by atoms with E-state index < -0.39 is 0 Å². The molecule has 0 fully saturated rings. The number of imidazole rings is 1. The molecule has 0 aliphatic rings. The van der Waals surface area contributed by atoms with E-state index in [1.807, 2.05) is 24.2 Å². The summed E-state index contributed by atoms with van der Waals surface area (Å²) in [5, 5.41) is 8.55. The van der Waals surface area contributed by atoms with Crippen molar-refractivity contribution in [3.05, 3.63) is 18.2 Å². The minimum atomic E-state index is 0.583. The molecule has 1 N–H and O–H groups in total. The molecule has 0 bridgehead atoms. The van der Waals surface area contributed by atoms with Crippen molar-refractivity contribution in [1.82, 2.24) is 4.98 Å². The number of hydrogen-bond donors (Lipinski definition) is 1. The van der Waals surface area contributed by atoms with Crippen LogP contribution in [0, 0.1) is 11.3 Å². The minimum absolute atomic E-state index is 0.583. The van der Waals surface area contributed by atoms with Crippen LogP contribution in [0.4, 0.5) is 0 Å². The predicted molar refractivity (Wildman–Crippen MR) is 67.2 cm³/mol. The van der Waals surface area contributed by atoms with E-state index in [4.69, 9.17) is 5.26 Å². The Morgan fingerprint density at radius 1 is 1.50 bits per heavy atom. The second-order valence-electron chi connectivity index (χ2n) is 3.72. The third-order valence-electron chi connectivity index (χ3n) is 2.37. The van der Waals surface area contributed by atoms with E-state index in [-0.39, 0.29) is 0 Å². The number of nitriles is 1. The van der Waals surface area contributed by atoms with Crippen LogP contribution in [0.15, 0.2) is 12.4 Å². The molecule has 0 saturated carbocycles. The van der Waals surface area contributed by atoms with Crippen molar-refractivity contribution in [1.29, 1.82) is 5.26 Å². The van der Waals surface area contributed by atoms with Gasteiger partial charge in [-0.1, -0.05) is 6.92 Å². The third-order valence-corrected chi connectivity index (χ3v) is 3.64. The number of aryl methyl sites for hydroxylation is 2. The molecule has 0 spiro atoms. The monoisotopic (exact) mass is 238 g/mol. The van der Waals surface area contributed by atoms with E-state index in [1.165, 1.54) is 30.2 Å². The van der Waals surface area contributed by atoms with Gasteiger partial charge in [-0.05, 0) is 24.3 Å². The maximum absolute atomic E-state index is 8.55. The molecule has 88 valence electrons. The lowest BCUT2D eigenvalue weighted by molar-refractivity contribution is -0.701. The number of rotatable bonds is 8. The summed E-state index contributed by atoms with van der Waals surface area (Å²) in [4.78, 5) is 3.25. The van der Waals surface area contributed by atoms with Crippen molar-refractivity contribution in [2.75, 3.05) is 11.5 Å². The number of aromatic nitrogens is 2. The maximum Gasteiger partial charge on any atom is 0.254 e. The van der Waals surface area contributed by atoms with Crippen molar-refractivity contribution < 1.29 is 4.57 Å². The largest absolute Gasteiger partial charge is 0.254 e. The molecule has 3 nitrogen and oxygen atoms in total. The summed E-state index contributed by atoms with van der Waals surface area (Å²) >= 11 is 2.02. The number of aromatic amines is 1. The van der Waals surface area contributed by atoms with Gasteiger partial charge in [0.1, 0.15) is 18.9 Å². The van der Waals surface area contributed by atoms with Crippen molar-refractivity contribution in [2.45, 2.75) is 39.2 Å². The van der Waals surface area contributed by atoms with Crippen molar-refractivity contribution in [2.24, 2.45) is 0 Å². The topological polar surface area (TPSA) is 43.5 Å². The lowest BCUT2D eigenvalue weighted by Crippen LogP contribution is -2.35. The summed E-state index contributed by atoms with van der Waals surface area (Å²) in [6.45, 7) is 3.02. The Hall–Kier alpha value is -0.950. The maximum atomic E-state index is 8.55. The van der Waals surface area contributed by atoms with E-state index in [2.05, 4.69) is 22.5 Å². The average Bonchev–Trinajstić information content (AvgIpc) is 2.74. The Bertz CT molecular complexity index is 327. The normalized spacial score (nSPS) is 10.2. The van der Waals surface area contributed by atoms with Gasteiger partial charge in [-0.2, -0.15) is 17.0 Å². The van der Waals surface area contributed by atoms with Crippen LogP contribution in [0.2, 0.25) is 0 Å². The SMILES string of the molecule is CCCSCCCc1[nH]cc[n+]1CCC#N. The molecule has 16 heavy (non-hydrogen) atoms. The van der Waals surface area contributed by atoms with Crippen molar-refractivity contribution in [3.63, 3.8) is 0 Å². The minimum Gasteiger partial charge on any atom is -0.248 e. The Morgan fingerprint density at radius 2 is 2.38 bits per heavy atom. The number of hydrogen-bond acceptors (Lipinski definition) is 2. The first-order chi connectivity index (χ1) is 7.88. The fraction of sp³-hybridized carbons (Fsp3) is 0.667. The zero-order chi connectivity index (χ0) is 11.6. The highest BCUT2D eigenvalue weighted by Crippen LogP contribution is 2.06. The van der Waals surface area contributed by atoms with E-state index in [0.29, 0.717) is 6.42 Å². The fourth-order valence-electron chi connectivity index (χ4n) is 1.58. The predicted octanol–water partition coefficient (Wildman–Crippen LogP) is 2.29. The Kier molecular flexibility index (Phi) is 6.75. The van der Waals surface area contributed by atoms with Crippen LogP contribution in [-0.2, 0) is 13.0 Å². The molecule has 0 atom stereocenters. The van der Waals surface area contributed by atoms with Gasteiger partial charge in [0.25, 0.3) is 5.82 Å². The van der Waals surface area contributed by atoms with Gasteiger partial charge in [0.15, 0.2) is 0 Å². The quantitative estimate of drug-likeness (QED) is 0.558. The number of nitrogens with one attached hydrogen (secondary N) is 1. The third kappa shape index (κ3) is 4.71. The highest BCUT2D eigenvalue weighted by atomic mass is 32.2. The van der Waals surface area contributed by atoms with E-state index in [1.54, 1.807) is 0 Å². The van der Waals surface area contributed by atoms with Crippen LogP contribution in [0.25, 0.3) is 0 Å². The summed E-state index contributed by atoms with van der Waals surface area (Å²) in [7, 11) is 0. The molecular formula is C12H20N3S+. The van der Waals surface area contributed by atoms with Gasteiger partial charge >= 0.3 is 0 Å². The molecule has 1 rings (SSSR count). The van der Waals surface area contributed by atoms with Gasteiger partial charge in [-0.15, -0.1) is 0 Å². The van der Waals surface area contributed by atoms with Crippen LogP contribution in [-0.4, -0.2) is 16.5 Å².